The summed E-state index contributed by atoms with van der Waals surface area (Å²) in [7, 11) is 0. The Morgan fingerprint density at radius 2 is 2.00 bits per heavy atom. The Hall–Kier alpha value is -1.79. The molecule has 0 saturated carbocycles. The Labute approximate surface area is 164 Å². The molecule has 6 heteroatoms. The van der Waals surface area contributed by atoms with E-state index < -0.39 is 0 Å². The summed E-state index contributed by atoms with van der Waals surface area (Å²) in [6.07, 6.45) is 0.974. The van der Waals surface area contributed by atoms with Crippen LogP contribution in [0.15, 0.2) is 29.3 Å². The molecule has 0 spiro atoms. The van der Waals surface area contributed by atoms with Gasteiger partial charge in [0.25, 0.3) is 0 Å². The number of ether oxygens (including phenoxy) is 2. The number of guanidine groups is 1. The van der Waals surface area contributed by atoms with Gasteiger partial charge in [0.05, 0.1) is 19.8 Å². The largest absolute Gasteiger partial charge is 0.381 e. The lowest BCUT2D eigenvalue weighted by atomic mass is 10.1. The van der Waals surface area contributed by atoms with Crippen molar-refractivity contribution in [3.63, 3.8) is 0 Å². The lowest BCUT2D eigenvalue weighted by molar-refractivity contribution is 0.108. The first kappa shape index (κ1) is 21.5. The summed E-state index contributed by atoms with van der Waals surface area (Å²) in [6.45, 7) is 13.9. The molecule has 0 atom stereocenters. The third-order valence-corrected chi connectivity index (χ3v) is 4.30. The molecule has 1 fully saturated rings. The van der Waals surface area contributed by atoms with Crippen molar-refractivity contribution in [3.8, 4) is 0 Å². The molecule has 0 aliphatic carbocycles. The maximum Gasteiger partial charge on any atom is 0.191 e. The second-order valence-corrected chi connectivity index (χ2v) is 7.17. The minimum absolute atomic E-state index is 0.586. The number of nitrogens with zero attached hydrogens (tertiary/aromatic N) is 2. The zero-order chi connectivity index (χ0) is 19.3. The second-order valence-electron chi connectivity index (χ2n) is 7.17. The third-order valence-electron chi connectivity index (χ3n) is 4.30. The van der Waals surface area contributed by atoms with E-state index in [1.807, 2.05) is 0 Å². The van der Waals surface area contributed by atoms with Gasteiger partial charge in [-0.05, 0) is 30.9 Å². The fourth-order valence-electron chi connectivity index (χ4n) is 2.96. The number of anilines is 1. The number of benzene rings is 1. The lowest BCUT2D eigenvalue weighted by Crippen LogP contribution is -2.38. The normalized spacial score (nSPS) is 15.3. The molecule has 1 aliphatic rings. The number of morpholine rings is 1. The minimum Gasteiger partial charge on any atom is -0.381 e. The Balaban J connectivity index is 1.86. The first-order valence-corrected chi connectivity index (χ1v) is 10.2. The van der Waals surface area contributed by atoms with Gasteiger partial charge in [-0.25, -0.2) is 4.99 Å². The molecule has 2 rings (SSSR count). The Morgan fingerprint density at radius 3 is 2.74 bits per heavy atom. The van der Waals surface area contributed by atoms with E-state index in [2.05, 4.69) is 60.6 Å². The SMILES string of the molecule is CCNC(=NCc1ccccc1N1CCOCC1)NCCCOCC(C)C. The van der Waals surface area contributed by atoms with E-state index in [4.69, 9.17) is 14.5 Å². The highest BCUT2D eigenvalue weighted by Gasteiger charge is 2.14. The quantitative estimate of drug-likeness (QED) is 0.373. The number of para-hydroxylation sites is 1. The van der Waals surface area contributed by atoms with E-state index in [9.17, 15) is 0 Å². The second kappa shape index (κ2) is 12.6. The number of aliphatic imine (C=N–C) groups is 1. The summed E-state index contributed by atoms with van der Waals surface area (Å²) in [5.74, 6) is 1.45. The van der Waals surface area contributed by atoms with Crippen LogP contribution in [0.3, 0.4) is 0 Å². The number of hydrogen-bond donors (Lipinski definition) is 2. The third kappa shape index (κ3) is 8.18. The van der Waals surface area contributed by atoms with Gasteiger partial charge in [0.2, 0.25) is 0 Å². The smallest absolute Gasteiger partial charge is 0.191 e. The van der Waals surface area contributed by atoms with Crippen molar-refractivity contribution >= 4 is 11.6 Å². The lowest BCUT2D eigenvalue weighted by Gasteiger charge is -2.30. The van der Waals surface area contributed by atoms with Crippen LogP contribution in [0.5, 0.6) is 0 Å². The molecule has 1 aromatic carbocycles. The predicted octanol–water partition coefficient (Wildman–Crippen LogP) is 2.64. The first-order chi connectivity index (χ1) is 13.2. The molecule has 1 aromatic rings. The molecule has 0 bridgehead atoms. The molecule has 0 radical (unpaired) electrons. The van der Waals surface area contributed by atoms with Gasteiger partial charge in [-0.1, -0.05) is 32.0 Å². The van der Waals surface area contributed by atoms with Gasteiger partial charge in [-0.3, -0.25) is 0 Å². The van der Waals surface area contributed by atoms with Crippen LogP contribution in [-0.2, 0) is 16.0 Å². The maximum atomic E-state index is 5.63. The van der Waals surface area contributed by atoms with Gasteiger partial charge in [-0.15, -0.1) is 0 Å². The standard InChI is InChI=1S/C21H36N4O2/c1-4-22-21(23-10-7-13-27-17-18(2)3)24-16-19-8-5-6-9-20(19)25-11-14-26-15-12-25/h5-6,8-9,18H,4,7,10-17H2,1-3H3,(H2,22,23,24). The zero-order valence-corrected chi connectivity index (χ0v) is 17.2. The molecule has 1 saturated heterocycles. The predicted molar refractivity (Wildman–Crippen MR) is 113 cm³/mol. The molecule has 0 unspecified atom stereocenters. The summed E-state index contributed by atoms with van der Waals surface area (Å²) < 4.78 is 11.1. The summed E-state index contributed by atoms with van der Waals surface area (Å²) in [5.41, 5.74) is 2.51. The van der Waals surface area contributed by atoms with Gasteiger partial charge in [0, 0.05) is 45.1 Å². The van der Waals surface area contributed by atoms with E-state index in [0.717, 1.165) is 65.0 Å². The van der Waals surface area contributed by atoms with Crippen LogP contribution in [0.1, 0.15) is 32.8 Å². The van der Waals surface area contributed by atoms with E-state index in [-0.39, 0.29) is 0 Å². The van der Waals surface area contributed by atoms with Crippen molar-refractivity contribution < 1.29 is 9.47 Å². The van der Waals surface area contributed by atoms with Crippen molar-refractivity contribution in [1.29, 1.82) is 0 Å². The van der Waals surface area contributed by atoms with Gasteiger partial charge in [0.1, 0.15) is 0 Å². The van der Waals surface area contributed by atoms with Gasteiger partial charge in [-0.2, -0.15) is 0 Å². The van der Waals surface area contributed by atoms with Crippen LogP contribution in [0, 0.1) is 5.92 Å². The van der Waals surface area contributed by atoms with E-state index in [1.54, 1.807) is 0 Å². The minimum atomic E-state index is 0.586. The maximum absolute atomic E-state index is 5.63. The monoisotopic (exact) mass is 376 g/mol. The van der Waals surface area contributed by atoms with E-state index in [0.29, 0.717) is 12.5 Å². The van der Waals surface area contributed by atoms with Crippen LogP contribution in [0.25, 0.3) is 0 Å². The summed E-state index contributed by atoms with van der Waals surface area (Å²) in [5, 5.41) is 6.73. The molecule has 27 heavy (non-hydrogen) atoms. The summed E-state index contributed by atoms with van der Waals surface area (Å²) in [4.78, 5) is 7.17. The average Bonchev–Trinajstić information content (AvgIpc) is 2.69. The van der Waals surface area contributed by atoms with E-state index in [1.165, 1.54) is 11.3 Å². The highest BCUT2D eigenvalue weighted by atomic mass is 16.5. The van der Waals surface area contributed by atoms with Crippen LogP contribution < -0.4 is 15.5 Å². The molecule has 1 heterocycles. The van der Waals surface area contributed by atoms with Crippen LogP contribution >= 0.6 is 0 Å². The molecule has 0 aromatic heterocycles. The van der Waals surface area contributed by atoms with Crippen molar-refractivity contribution in [3.05, 3.63) is 29.8 Å². The molecular weight excluding hydrogens is 340 g/mol. The zero-order valence-electron chi connectivity index (χ0n) is 17.2. The topological polar surface area (TPSA) is 58.1 Å². The number of nitrogens with one attached hydrogen (secondary N) is 2. The van der Waals surface area contributed by atoms with Crippen molar-refractivity contribution in [1.82, 2.24) is 10.6 Å². The molecule has 6 nitrogen and oxygen atoms in total. The van der Waals surface area contributed by atoms with Crippen LogP contribution in [0.2, 0.25) is 0 Å². The van der Waals surface area contributed by atoms with Crippen molar-refractivity contribution in [2.75, 3.05) is 57.5 Å². The molecular formula is C21H36N4O2. The Kier molecular flexibility index (Phi) is 10.0. The fourth-order valence-corrected chi connectivity index (χ4v) is 2.96. The molecule has 0 amide bonds. The molecule has 1 aliphatic heterocycles. The summed E-state index contributed by atoms with van der Waals surface area (Å²) in [6, 6.07) is 8.53. The fraction of sp³-hybridized carbons (Fsp3) is 0.667. The van der Waals surface area contributed by atoms with Crippen LogP contribution in [-0.4, -0.2) is 58.6 Å². The van der Waals surface area contributed by atoms with Gasteiger partial charge >= 0.3 is 0 Å². The van der Waals surface area contributed by atoms with Crippen LogP contribution in [0.4, 0.5) is 5.69 Å². The first-order valence-electron chi connectivity index (χ1n) is 10.2. The average molecular weight is 377 g/mol. The van der Waals surface area contributed by atoms with Gasteiger partial charge in [0.15, 0.2) is 5.96 Å². The highest BCUT2D eigenvalue weighted by Crippen LogP contribution is 2.22. The van der Waals surface area contributed by atoms with Crippen molar-refractivity contribution in [2.45, 2.75) is 33.7 Å². The van der Waals surface area contributed by atoms with Crippen molar-refractivity contribution in [2.24, 2.45) is 10.9 Å². The van der Waals surface area contributed by atoms with E-state index >= 15 is 0 Å². The highest BCUT2D eigenvalue weighted by molar-refractivity contribution is 5.79. The number of hydrogen-bond acceptors (Lipinski definition) is 4. The Bertz CT molecular complexity index is 557. The Morgan fingerprint density at radius 1 is 1.22 bits per heavy atom. The molecule has 152 valence electrons. The van der Waals surface area contributed by atoms with Gasteiger partial charge < -0.3 is 25.0 Å². The summed E-state index contributed by atoms with van der Waals surface area (Å²) >= 11 is 0. The number of rotatable bonds is 10. The molecule has 2 N–H and O–H groups in total.